The molecule has 0 aromatic heterocycles. The van der Waals surface area contributed by atoms with Crippen molar-refractivity contribution in [3.8, 4) is 0 Å². The van der Waals surface area contributed by atoms with Crippen molar-refractivity contribution in [1.82, 2.24) is 5.32 Å². The van der Waals surface area contributed by atoms with Gasteiger partial charge in [-0.1, -0.05) is 336 Å². The van der Waals surface area contributed by atoms with Gasteiger partial charge in [0.2, 0.25) is 5.91 Å². The average molecular weight is 1180 g/mol. The molecule has 1 fully saturated rings. The maximum atomic E-state index is 13.1. The van der Waals surface area contributed by atoms with Gasteiger partial charge in [0.1, 0.15) is 24.4 Å². The van der Waals surface area contributed by atoms with Crippen molar-refractivity contribution in [3.05, 3.63) is 85.1 Å². The van der Waals surface area contributed by atoms with E-state index < -0.39 is 49.5 Å². The van der Waals surface area contributed by atoms with Crippen molar-refractivity contribution < 1.29 is 39.8 Å². The molecule has 1 aliphatic heterocycles. The second-order valence-electron chi connectivity index (χ2n) is 24.7. The van der Waals surface area contributed by atoms with Crippen LogP contribution in [-0.2, 0) is 14.3 Å². The Bertz CT molecular complexity index is 1600. The standard InChI is InChI=1S/C75H135NO8/c1-3-5-7-9-11-13-15-17-19-21-23-25-27-29-31-33-34-35-36-37-39-41-43-45-47-49-51-53-55-57-59-61-63-65-71(79)76-68(67-83-75-74(82)73(81)72(80)70(66-77)84-75)69(78)64-62-60-58-56-54-52-50-48-46-44-42-40-38-32-30-28-26-24-22-20-18-16-14-12-10-8-6-4-2/h5,7,11,13,17,19,23,25,29,31,34-35,62,64,68-70,72-75,77-78,80-82H,3-4,6,8-10,12,14-16,18,20-22,24,26-28,30,32-33,36-61,63,65-67H2,1-2H3,(H,76,79)/b7-5-,13-11-,19-17-,25-23-,31-29-,35-34-,64-62+. The Morgan fingerprint density at radius 2 is 0.738 bits per heavy atom. The molecule has 1 rings (SSSR count). The molecule has 1 saturated heterocycles. The second-order valence-corrected chi connectivity index (χ2v) is 24.7. The minimum Gasteiger partial charge on any atom is -0.394 e. The van der Waals surface area contributed by atoms with E-state index in [9.17, 15) is 30.3 Å². The Morgan fingerprint density at radius 1 is 0.417 bits per heavy atom. The molecule has 0 saturated carbocycles. The largest absolute Gasteiger partial charge is 0.394 e. The van der Waals surface area contributed by atoms with Crippen LogP contribution in [0.5, 0.6) is 0 Å². The van der Waals surface area contributed by atoms with Gasteiger partial charge in [-0.15, -0.1) is 0 Å². The molecule has 1 amide bonds. The van der Waals surface area contributed by atoms with Gasteiger partial charge in [-0.2, -0.15) is 0 Å². The summed E-state index contributed by atoms with van der Waals surface area (Å²) in [4.78, 5) is 13.1. The van der Waals surface area contributed by atoms with Gasteiger partial charge in [0.25, 0.3) is 0 Å². The third-order valence-corrected chi connectivity index (χ3v) is 16.7. The van der Waals surface area contributed by atoms with Gasteiger partial charge in [-0.25, -0.2) is 0 Å². The summed E-state index contributed by atoms with van der Waals surface area (Å²) in [5, 5.41) is 54.8. The van der Waals surface area contributed by atoms with Crippen LogP contribution in [0.1, 0.15) is 328 Å². The van der Waals surface area contributed by atoms with Gasteiger partial charge < -0.3 is 40.3 Å². The van der Waals surface area contributed by atoms with E-state index in [4.69, 9.17) is 9.47 Å². The maximum absolute atomic E-state index is 13.1. The minimum absolute atomic E-state index is 0.176. The molecular weight excluding hydrogens is 1040 g/mol. The van der Waals surface area contributed by atoms with Gasteiger partial charge in [-0.05, 0) is 70.6 Å². The second kappa shape index (κ2) is 63.4. The highest BCUT2D eigenvalue weighted by Crippen LogP contribution is 2.23. The van der Waals surface area contributed by atoms with E-state index in [1.54, 1.807) is 6.08 Å². The van der Waals surface area contributed by atoms with Crippen LogP contribution in [0.15, 0.2) is 85.1 Å². The van der Waals surface area contributed by atoms with Crippen molar-refractivity contribution in [1.29, 1.82) is 0 Å². The Balaban J connectivity index is 2.13. The molecule has 1 heterocycles. The SMILES string of the molecule is CC/C=C\C/C=C\C/C=C\C/C=C\C/C=C\C/C=C\CCCCCCCCCCCCCCCCC(=O)NC(COC1OC(CO)C(O)C(O)C1O)C(O)/C=C/CCCCCCCCCCCCCCCCCCCCCCCCCCCC. The molecule has 488 valence electrons. The Hall–Kier alpha value is -2.63. The Kier molecular flexibility index (Phi) is 59.9. The highest BCUT2D eigenvalue weighted by molar-refractivity contribution is 5.76. The number of amides is 1. The highest BCUT2D eigenvalue weighted by atomic mass is 16.7. The third-order valence-electron chi connectivity index (χ3n) is 16.7. The zero-order valence-electron chi connectivity index (χ0n) is 54.6. The topological polar surface area (TPSA) is 149 Å². The molecule has 0 aromatic carbocycles. The lowest BCUT2D eigenvalue weighted by molar-refractivity contribution is -0.302. The summed E-state index contributed by atoms with van der Waals surface area (Å²) in [6.07, 6.45) is 84.0. The molecule has 7 unspecified atom stereocenters. The number of unbranched alkanes of at least 4 members (excludes halogenated alkanes) is 40. The number of allylic oxidation sites excluding steroid dienone is 13. The number of carbonyl (C=O) groups is 1. The molecule has 1 aliphatic rings. The number of nitrogens with one attached hydrogen (secondary N) is 1. The number of ether oxygens (including phenoxy) is 2. The molecule has 0 spiro atoms. The molecule has 0 bridgehead atoms. The van der Waals surface area contributed by atoms with Crippen LogP contribution < -0.4 is 5.32 Å². The van der Waals surface area contributed by atoms with E-state index in [0.717, 1.165) is 77.0 Å². The van der Waals surface area contributed by atoms with Gasteiger partial charge >= 0.3 is 0 Å². The monoisotopic (exact) mass is 1180 g/mol. The van der Waals surface area contributed by atoms with Crippen molar-refractivity contribution >= 4 is 5.91 Å². The van der Waals surface area contributed by atoms with Gasteiger partial charge in [0.15, 0.2) is 6.29 Å². The molecule has 9 nitrogen and oxygen atoms in total. The fourth-order valence-corrected chi connectivity index (χ4v) is 11.2. The number of rotatable bonds is 62. The summed E-state index contributed by atoms with van der Waals surface area (Å²) in [6, 6.07) is -0.811. The molecule has 7 atom stereocenters. The lowest BCUT2D eigenvalue weighted by Gasteiger charge is -2.40. The molecular formula is C75H135NO8. The molecule has 84 heavy (non-hydrogen) atoms. The number of hydrogen-bond acceptors (Lipinski definition) is 8. The number of aliphatic hydroxyl groups excluding tert-OH is 5. The first-order valence-corrected chi connectivity index (χ1v) is 35.8. The summed E-state index contributed by atoms with van der Waals surface area (Å²) in [7, 11) is 0. The van der Waals surface area contributed by atoms with Gasteiger partial charge in [-0.3, -0.25) is 4.79 Å². The van der Waals surface area contributed by atoms with E-state index in [0.29, 0.717) is 6.42 Å². The van der Waals surface area contributed by atoms with Crippen LogP contribution in [0.3, 0.4) is 0 Å². The van der Waals surface area contributed by atoms with Gasteiger partial charge in [0, 0.05) is 6.42 Å². The Labute approximate surface area is 518 Å². The van der Waals surface area contributed by atoms with Crippen molar-refractivity contribution in [2.24, 2.45) is 0 Å². The van der Waals surface area contributed by atoms with E-state index >= 15 is 0 Å². The fraction of sp³-hybridized carbons (Fsp3) is 0.800. The van der Waals surface area contributed by atoms with Crippen molar-refractivity contribution in [3.63, 3.8) is 0 Å². The summed E-state index contributed by atoms with van der Waals surface area (Å²) in [5.74, 6) is -0.176. The minimum atomic E-state index is -1.57. The van der Waals surface area contributed by atoms with Gasteiger partial charge in [0.05, 0.1) is 25.4 Å². The fourth-order valence-electron chi connectivity index (χ4n) is 11.2. The molecule has 9 heteroatoms. The molecule has 0 aromatic rings. The van der Waals surface area contributed by atoms with E-state index in [1.807, 2.05) is 6.08 Å². The number of hydrogen-bond donors (Lipinski definition) is 6. The van der Waals surface area contributed by atoms with E-state index in [2.05, 4.69) is 92.1 Å². The summed E-state index contributed by atoms with van der Waals surface area (Å²) < 4.78 is 11.3. The highest BCUT2D eigenvalue weighted by Gasteiger charge is 2.44. The summed E-state index contributed by atoms with van der Waals surface area (Å²) >= 11 is 0. The zero-order valence-corrected chi connectivity index (χ0v) is 54.6. The normalized spacial score (nSPS) is 18.7. The maximum Gasteiger partial charge on any atom is 0.220 e. The van der Waals surface area contributed by atoms with Crippen LogP contribution >= 0.6 is 0 Å². The first-order chi connectivity index (χ1) is 41.3. The predicted octanol–water partition coefficient (Wildman–Crippen LogP) is 19.7. The zero-order chi connectivity index (χ0) is 60.7. The van der Waals surface area contributed by atoms with E-state index in [-0.39, 0.29) is 12.5 Å². The smallest absolute Gasteiger partial charge is 0.220 e. The third kappa shape index (κ3) is 51.4. The number of aliphatic hydroxyl groups is 5. The summed E-state index contributed by atoms with van der Waals surface area (Å²) in [6.45, 7) is 3.70. The van der Waals surface area contributed by atoms with Crippen LogP contribution in [0, 0.1) is 0 Å². The first kappa shape index (κ1) is 79.4. The quantitative estimate of drug-likeness (QED) is 0.0261. The van der Waals surface area contributed by atoms with Crippen LogP contribution in [0.4, 0.5) is 0 Å². The average Bonchev–Trinajstić information content (AvgIpc) is 3.70. The molecule has 0 aliphatic carbocycles. The molecule has 0 radical (unpaired) electrons. The summed E-state index contributed by atoms with van der Waals surface area (Å²) in [5.41, 5.74) is 0. The van der Waals surface area contributed by atoms with Crippen LogP contribution in [0.2, 0.25) is 0 Å². The lowest BCUT2D eigenvalue weighted by Crippen LogP contribution is -2.60. The van der Waals surface area contributed by atoms with E-state index in [1.165, 1.54) is 231 Å². The lowest BCUT2D eigenvalue weighted by atomic mass is 9.99. The number of carbonyl (C=O) groups excluding carboxylic acids is 1. The first-order valence-electron chi connectivity index (χ1n) is 35.8. The van der Waals surface area contributed by atoms with Crippen LogP contribution in [-0.4, -0.2) is 87.5 Å². The Morgan fingerprint density at radius 3 is 1.10 bits per heavy atom. The molecule has 6 N–H and O–H groups in total. The van der Waals surface area contributed by atoms with Crippen molar-refractivity contribution in [2.75, 3.05) is 13.2 Å². The van der Waals surface area contributed by atoms with Crippen molar-refractivity contribution in [2.45, 2.75) is 371 Å². The predicted molar refractivity (Wildman–Crippen MR) is 359 cm³/mol. The van der Waals surface area contributed by atoms with Crippen LogP contribution in [0.25, 0.3) is 0 Å².